The molecule has 1 aliphatic heterocycles. The van der Waals surface area contributed by atoms with Crippen LogP contribution in [-0.4, -0.2) is 47.8 Å². The van der Waals surface area contributed by atoms with Crippen molar-refractivity contribution in [2.45, 2.75) is 32.2 Å². The summed E-state index contributed by atoms with van der Waals surface area (Å²) < 4.78 is 10.5. The summed E-state index contributed by atoms with van der Waals surface area (Å²) in [4.78, 5) is 37.0. The molecule has 1 atom stereocenters. The van der Waals surface area contributed by atoms with Gasteiger partial charge in [0, 0.05) is 6.07 Å². The fourth-order valence-electron chi connectivity index (χ4n) is 2.44. The summed E-state index contributed by atoms with van der Waals surface area (Å²) >= 11 is 0. The lowest BCUT2D eigenvalue weighted by molar-refractivity contribution is -0.148. The van der Waals surface area contributed by atoms with Gasteiger partial charge >= 0.3 is 5.97 Å². The summed E-state index contributed by atoms with van der Waals surface area (Å²) in [6.07, 6.45) is 2.49. The topological polar surface area (TPSA) is 81.8 Å². The molecular formula is C13H18N2O5. The Morgan fingerprint density at radius 1 is 1.45 bits per heavy atom. The van der Waals surface area contributed by atoms with E-state index in [2.05, 4.69) is 0 Å². The number of carbonyl (C=O) groups is 2. The first-order valence-corrected chi connectivity index (χ1v) is 6.58. The molecule has 1 aromatic rings. The minimum atomic E-state index is -0.487. The van der Waals surface area contributed by atoms with Crippen LogP contribution in [0.1, 0.15) is 29.8 Å². The minimum Gasteiger partial charge on any atom is -0.468 e. The van der Waals surface area contributed by atoms with Crippen molar-refractivity contribution >= 4 is 11.9 Å². The maximum Gasteiger partial charge on any atom is 0.323 e. The van der Waals surface area contributed by atoms with Gasteiger partial charge in [0.15, 0.2) is 0 Å². The van der Waals surface area contributed by atoms with Crippen LogP contribution in [0.5, 0.6) is 0 Å². The van der Waals surface area contributed by atoms with Crippen LogP contribution in [0.2, 0.25) is 0 Å². The number of ether oxygens (including phenoxy) is 1. The van der Waals surface area contributed by atoms with Crippen molar-refractivity contribution in [3.05, 3.63) is 22.2 Å². The van der Waals surface area contributed by atoms with Crippen LogP contribution in [0.25, 0.3) is 0 Å². The lowest BCUT2D eigenvalue weighted by Crippen LogP contribution is -2.48. The summed E-state index contributed by atoms with van der Waals surface area (Å²) in [7, 11) is 1.33. The molecule has 0 saturated carbocycles. The molecule has 1 aromatic heterocycles. The fourth-order valence-corrected chi connectivity index (χ4v) is 2.44. The maximum absolute atomic E-state index is 12.1. The molecule has 0 unspecified atom stereocenters. The Balaban J connectivity index is 2.10. The first kappa shape index (κ1) is 14.5. The normalized spacial score (nSPS) is 19.8. The van der Waals surface area contributed by atoms with Gasteiger partial charge in [0.05, 0.1) is 13.7 Å². The van der Waals surface area contributed by atoms with Crippen molar-refractivity contribution in [2.24, 2.45) is 0 Å². The van der Waals surface area contributed by atoms with E-state index in [1.54, 1.807) is 11.8 Å². The van der Waals surface area contributed by atoms with Crippen molar-refractivity contribution in [3.8, 4) is 0 Å². The second-order valence-electron chi connectivity index (χ2n) is 4.88. The average molecular weight is 282 g/mol. The van der Waals surface area contributed by atoms with Gasteiger partial charge in [-0.05, 0) is 26.3 Å². The van der Waals surface area contributed by atoms with Gasteiger partial charge in [-0.15, -0.1) is 4.74 Å². The van der Waals surface area contributed by atoms with Crippen molar-refractivity contribution in [2.75, 3.05) is 20.2 Å². The molecule has 20 heavy (non-hydrogen) atoms. The van der Waals surface area contributed by atoms with Crippen LogP contribution in [-0.2, 0) is 9.53 Å². The van der Waals surface area contributed by atoms with Gasteiger partial charge in [-0.3, -0.25) is 19.3 Å². The highest BCUT2D eigenvalue weighted by Gasteiger charge is 2.31. The monoisotopic (exact) mass is 282 g/mol. The van der Waals surface area contributed by atoms with Gasteiger partial charge in [0.1, 0.15) is 11.8 Å². The number of aryl methyl sites for hydroxylation is 1. The zero-order valence-corrected chi connectivity index (χ0v) is 11.6. The summed E-state index contributed by atoms with van der Waals surface area (Å²) in [5.74, 6) is -0.439. The Bertz CT molecular complexity index is 559. The summed E-state index contributed by atoms with van der Waals surface area (Å²) in [5.41, 5.74) is -0.487. The highest BCUT2D eigenvalue weighted by atomic mass is 16.5. The maximum atomic E-state index is 12.1. The summed E-state index contributed by atoms with van der Waals surface area (Å²) in [6, 6.07) is 0.829. The van der Waals surface area contributed by atoms with E-state index in [4.69, 9.17) is 9.26 Å². The van der Waals surface area contributed by atoms with E-state index in [0.29, 0.717) is 18.7 Å². The summed E-state index contributed by atoms with van der Waals surface area (Å²) in [5, 5.41) is 0. The van der Waals surface area contributed by atoms with Crippen LogP contribution < -0.4 is 5.56 Å². The number of rotatable bonds is 3. The van der Waals surface area contributed by atoms with E-state index in [0.717, 1.165) is 17.6 Å². The number of hydrogen-bond donors (Lipinski definition) is 0. The van der Waals surface area contributed by atoms with Crippen LogP contribution in [0.4, 0.5) is 0 Å². The van der Waals surface area contributed by atoms with Gasteiger partial charge in [-0.25, -0.2) is 0 Å². The van der Waals surface area contributed by atoms with E-state index < -0.39 is 17.5 Å². The van der Waals surface area contributed by atoms with Crippen molar-refractivity contribution in [3.63, 3.8) is 0 Å². The largest absolute Gasteiger partial charge is 0.468 e. The third-order valence-electron chi connectivity index (χ3n) is 3.41. The second-order valence-corrected chi connectivity index (χ2v) is 4.88. The second kappa shape index (κ2) is 6.04. The standard InChI is InChI=1S/C13H18N2O5/c1-9-7-11(16)15(20-9)12(17)8-14-6-4-3-5-10(14)13(18)19-2/h7,10H,3-6,8H2,1-2H3/t10-/m1/s1. The molecule has 1 aliphatic rings. The number of nitrogens with zero attached hydrogens (tertiary/aromatic N) is 2. The Morgan fingerprint density at radius 2 is 2.20 bits per heavy atom. The van der Waals surface area contributed by atoms with Crippen LogP contribution >= 0.6 is 0 Å². The molecule has 0 radical (unpaired) electrons. The molecule has 2 rings (SSSR count). The highest BCUT2D eigenvalue weighted by molar-refractivity contribution is 5.81. The Morgan fingerprint density at radius 3 is 2.80 bits per heavy atom. The molecule has 110 valence electrons. The van der Waals surface area contributed by atoms with Gasteiger partial charge < -0.3 is 9.26 Å². The van der Waals surface area contributed by atoms with Crippen molar-refractivity contribution < 1.29 is 18.8 Å². The van der Waals surface area contributed by atoms with Gasteiger partial charge in [-0.2, -0.15) is 0 Å². The van der Waals surface area contributed by atoms with E-state index >= 15 is 0 Å². The van der Waals surface area contributed by atoms with Gasteiger partial charge in [0.2, 0.25) is 0 Å². The molecule has 0 aliphatic carbocycles. The molecule has 0 spiro atoms. The minimum absolute atomic E-state index is 0.0351. The van der Waals surface area contributed by atoms with Crippen LogP contribution in [0, 0.1) is 6.92 Å². The van der Waals surface area contributed by atoms with Crippen LogP contribution in [0.3, 0.4) is 0 Å². The van der Waals surface area contributed by atoms with Crippen molar-refractivity contribution in [1.82, 2.24) is 9.64 Å². The van der Waals surface area contributed by atoms with Crippen molar-refractivity contribution in [1.29, 1.82) is 0 Å². The van der Waals surface area contributed by atoms with Gasteiger partial charge in [0.25, 0.3) is 11.5 Å². The van der Waals surface area contributed by atoms with E-state index in [1.165, 1.54) is 13.2 Å². The first-order chi connectivity index (χ1) is 9.52. The molecule has 1 fully saturated rings. The number of hydrogen-bond acceptors (Lipinski definition) is 6. The smallest absolute Gasteiger partial charge is 0.323 e. The number of likely N-dealkylation sites (tertiary alicyclic amines) is 1. The quantitative estimate of drug-likeness (QED) is 0.747. The number of piperidine rings is 1. The Labute approximate surface area is 116 Å². The third kappa shape index (κ3) is 2.98. The number of esters is 1. The zero-order valence-electron chi connectivity index (χ0n) is 11.6. The molecular weight excluding hydrogens is 264 g/mol. The summed E-state index contributed by atoms with van der Waals surface area (Å²) in [6.45, 7) is 2.19. The third-order valence-corrected chi connectivity index (χ3v) is 3.41. The molecule has 7 nitrogen and oxygen atoms in total. The SMILES string of the molecule is COC(=O)[C@H]1CCCCN1CC(=O)n1oc(C)cc1=O. The predicted octanol–water partition coefficient (Wildman–Crippen LogP) is 0.417. The molecule has 2 heterocycles. The average Bonchev–Trinajstić information content (AvgIpc) is 2.77. The first-order valence-electron chi connectivity index (χ1n) is 6.58. The van der Waals surface area contributed by atoms with E-state index in [1.807, 2.05) is 0 Å². The number of methoxy groups -OCH3 is 1. The highest BCUT2D eigenvalue weighted by Crippen LogP contribution is 2.17. The van der Waals surface area contributed by atoms with E-state index in [-0.39, 0.29) is 12.5 Å². The number of carbonyl (C=O) groups excluding carboxylic acids is 2. The Hall–Kier alpha value is -1.89. The van der Waals surface area contributed by atoms with Crippen LogP contribution in [0.15, 0.2) is 15.4 Å². The van der Waals surface area contributed by atoms with E-state index in [9.17, 15) is 14.4 Å². The zero-order chi connectivity index (χ0) is 14.7. The molecule has 0 N–H and O–H groups in total. The lowest BCUT2D eigenvalue weighted by atomic mass is 10.0. The molecule has 0 amide bonds. The molecule has 1 saturated heterocycles. The predicted molar refractivity (Wildman–Crippen MR) is 69.6 cm³/mol. The Kier molecular flexibility index (Phi) is 4.39. The van der Waals surface area contributed by atoms with Gasteiger partial charge in [-0.1, -0.05) is 6.42 Å². The molecule has 0 aromatic carbocycles. The fraction of sp³-hybridized carbons (Fsp3) is 0.615. The lowest BCUT2D eigenvalue weighted by Gasteiger charge is -2.32. The molecule has 0 bridgehead atoms. The number of aromatic nitrogens is 1. The molecule has 7 heteroatoms.